The fourth-order valence-electron chi connectivity index (χ4n) is 4.19. The highest BCUT2D eigenvalue weighted by atomic mass is 16.5. The average Bonchev–Trinajstić information content (AvgIpc) is 3.18. The molecule has 1 saturated heterocycles. The van der Waals surface area contributed by atoms with Gasteiger partial charge in [0.05, 0.1) is 23.9 Å². The van der Waals surface area contributed by atoms with E-state index >= 15 is 0 Å². The highest BCUT2D eigenvalue weighted by Gasteiger charge is 2.43. The second kappa shape index (κ2) is 6.40. The third-order valence-corrected chi connectivity index (χ3v) is 5.70. The van der Waals surface area contributed by atoms with Gasteiger partial charge < -0.3 is 15.0 Å². The molecule has 0 unspecified atom stereocenters. The Balaban J connectivity index is 1.55. The van der Waals surface area contributed by atoms with Crippen molar-refractivity contribution in [2.75, 3.05) is 20.2 Å². The normalized spacial score (nSPS) is 21.7. The molecule has 1 N–H and O–H groups in total. The van der Waals surface area contributed by atoms with Gasteiger partial charge in [-0.05, 0) is 43.9 Å². The molecule has 2 aliphatic heterocycles. The first kappa shape index (κ1) is 17.6. The predicted octanol–water partition coefficient (Wildman–Crippen LogP) is 1.70. The van der Waals surface area contributed by atoms with Crippen LogP contribution in [0, 0.1) is 6.92 Å². The fraction of sp³-hybridized carbons (Fsp3) is 0.450. The van der Waals surface area contributed by atoms with Crippen LogP contribution < -0.4 is 10.1 Å². The molecule has 3 heterocycles. The van der Waals surface area contributed by atoms with Crippen molar-refractivity contribution in [1.82, 2.24) is 20.0 Å². The maximum Gasteiger partial charge on any atom is 0.257 e. The van der Waals surface area contributed by atoms with Crippen molar-refractivity contribution < 1.29 is 14.3 Å². The minimum Gasteiger partial charge on any atom is -0.497 e. The molecule has 4 rings (SSSR count). The predicted molar refractivity (Wildman–Crippen MR) is 100.0 cm³/mol. The molecular weight excluding hydrogens is 344 g/mol. The summed E-state index contributed by atoms with van der Waals surface area (Å²) in [7, 11) is 3.41. The lowest BCUT2D eigenvalue weighted by atomic mass is 9.91. The van der Waals surface area contributed by atoms with E-state index in [1.807, 2.05) is 31.0 Å². The molecule has 2 aliphatic rings. The Bertz CT molecular complexity index is 920. The molecule has 0 bridgehead atoms. The van der Waals surface area contributed by atoms with Gasteiger partial charge in [-0.1, -0.05) is 6.07 Å². The van der Waals surface area contributed by atoms with Gasteiger partial charge in [-0.3, -0.25) is 14.3 Å². The molecule has 7 heteroatoms. The molecule has 0 aliphatic carbocycles. The van der Waals surface area contributed by atoms with Gasteiger partial charge in [0.25, 0.3) is 11.8 Å². The number of amides is 2. The van der Waals surface area contributed by atoms with Crippen LogP contribution in [0.5, 0.6) is 5.75 Å². The molecule has 1 aromatic carbocycles. The molecule has 2 aromatic rings. The van der Waals surface area contributed by atoms with Crippen LogP contribution in [-0.4, -0.2) is 52.2 Å². The van der Waals surface area contributed by atoms with E-state index in [1.54, 1.807) is 24.1 Å². The zero-order valence-electron chi connectivity index (χ0n) is 15.9. The summed E-state index contributed by atoms with van der Waals surface area (Å²) in [5, 5.41) is 7.47. The Morgan fingerprint density at radius 1 is 1.33 bits per heavy atom. The summed E-state index contributed by atoms with van der Waals surface area (Å²) < 4.78 is 6.91. The summed E-state index contributed by atoms with van der Waals surface area (Å²) in [6, 6.07) is 5.64. The Morgan fingerprint density at radius 3 is 2.85 bits per heavy atom. The number of nitrogens with one attached hydrogen (secondary N) is 1. The number of methoxy groups -OCH3 is 1. The lowest BCUT2D eigenvalue weighted by Crippen LogP contribution is -2.50. The zero-order chi connectivity index (χ0) is 19.2. The van der Waals surface area contributed by atoms with E-state index in [-0.39, 0.29) is 17.4 Å². The van der Waals surface area contributed by atoms with E-state index in [0.717, 1.165) is 30.5 Å². The summed E-state index contributed by atoms with van der Waals surface area (Å²) in [6.07, 6.45) is 4.13. The molecule has 7 nitrogen and oxygen atoms in total. The largest absolute Gasteiger partial charge is 0.497 e. The summed E-state index contributed by atoms with van der Waals surface area (Å²) in [4.78, 5) is 27.6. The first-order valence-corrected chi connectivity index (χ1v) is 9.20. The first-order chi connectivity index (χ1) is 12.9. The Morgan fingerprint density at radius 2 is 2.15 bits per heavy atom. The van der Waals surface area contributed by atoms with Gasteiger partial charge in [0, 0.05) is 31.9 Å². The quantitative estimate of drug-likeness (QED) is 0.875. The third-order valence-electron chi connectivity index (χ3n) is 5.70. The Labute approximate surface area is 158 Å². The number of aromatic nitrogens is 2. The first-order valence-electron chi connectivity index (χ1n) is 9.20. The molecule has 2 amide bonds. The van der Waals surface area contributed by atoms with Crippen LogP contribution in [0.2, 0.25) is 0 Å². The summed E-state index contributed by atoms with van der Waals surface area (Å²) >= 11 is 0. The smallest absolute Gasteiger partial charge is 0.257 e. The third kappa shape index (κ3) is 3.07. The average molecular weight is 368 g/mol. The van der Waals surface area contributed by atoms with Crippen LogP contribution in [0.4, 0.5) is 0 Å². The number of benzene rings is 1. The molecule has 1 spiro atoms. The van der Waals surface area contributed by atoms with Crippen LogP contribution in [-0.2, 0) is 13.5 Å². The van der Waals surface area contributed by atoms with Crippen molar-refractivity contribution in [2.24, 2.45) is 7.05 Å². The van der Waals surface area contributed by atoms with Gasteiger partial charge >= 0.3 is 0 Å². The molecular formula is C20H24N4O3. The van der Waals surface area contributed by atoms with Gasteiger partial charge in [0.15, 0.2) is 0 Å². The number of hydrogen-bond acceptors (Lipinski definition) is 4. The number of carbonyl (C=O) groups excluding carboxylic acids is 2. The minimum atomic E-state index is -0.380. The number of nitrogens with zero attached hydrogens (tertiary/aromatic N) is 3. The number of rotatable bonds is 2. The van der Waals surface area contributed by atoms with Crippen molar-refractivity contribution >= 4 is 11.8 Å². The monoisotopic (exact) mass is 368 g/mol. The highest BCUT2D eigenvalue weighted by molar-refractivity contribution is 5.98. The van der Waals surface area contributed by atoms with Crippen LogP contribution in [0.15, 0.2) is 24.4 Å². The van der Waals surface area contributed by atoms with E-state index in [2.05, 4.69) is 10.4 Å². The highest BCUT2D eigenvalue weighted by Crippen LogP contribution is 2.32. The van der Waals surface area contributed by atoms with Crippen molar-refractivity contribution in [2.45, 2.75) is 31.7 Å². The van der Waals surface area contributed by atoms with Crippen molar-refractivity contribution in [3.8, 4) is 5.75 Å². The van der Waals surface area contributed by atoms with Gasteiger partial charge in [-0.15, -0.1) is 0 Å². The van der Waals surface area contributed by atoms with Gasteiger partial charge in [0.1, 0.15) is 5.75 Å². The van der Waals surface area contributed by atoms with Crippen LogP contribution in [0.3, 0.4) is 0 Å². The number of aryl methyl sites for hydroxylation is 3. The Hall–Kier alpha value is -2.83. The van der Waals surface area contributed by atoms with Gasteiger partial charge in [-0.2, -0.15) is 5.10 Å². The number of carbonyl (C=O) groups is 2. The van der Waals surface area contributed by atoms with E-state index in [1.165, 1.54) is 0 Å². The van der Waals surface area contributed by atoms with Crippen molar-refractivity contribution in [3.05, 3.63) is 46.8 Å². The summed E-state index contributed by atoms with van der Waals surface area (Å²) in [5.74, 6) is 0.568. The second-order valence-electron chi connectivity index (χ2n) is 7.54. The fourth-order valence-corrected chi connectivity index (χ4v) is 4.19. The number of fused-ring (bicyclic) bond motifs is 1. The lowest BCUT2D eigenvalue weighted by molar-refractivity contribution is 0.0763. The molecule has 0 saturated carbocycles. The molecule has 1 aromatic heterocycles. The van der Waals surface area contributed by atoms with Gasteiger partial charge in [-0.25, -0.2) is 0 Å². The minimum absolute atomic E-state index is 0.0184. The van der Waals surface area contributed by atoms with E-state index in [0.29, 0.717) is 30.0 Å². The number of likely N-dealkylation sites (tertiary alicyclic amines) is 1. The summed E-state index contributed by atoms with van der Waals surface area (Å²) in [5.41, 5.74) is 2.67. The van der Waals surface area contributed by atoms with Crippen molar-refractivity contribution in [1.29, 1.82) is 0 Å². The molecule has 0 radical (unpaired) electrons. The zero-order valence-corrected chi connectivity index (χ0v) is 15.9. The van der Waals surface area contributed by atoms with Gasteiger partial charge in [0.2, 0.25) is 0 Å². The van der Waals surface area contributed by atoms with Crippen LogP contribution in [0.25, 0.3) is 0 Å². The number of ether oxygens (including phenoxy) is 1. The molecule has 142 valence electrons. The maximum absolute atomic E-state index is 12.9. The van der Waals surface area contributed by atoms with E-state index in [9.17, 15) is 9.59 Å². The van der Waals surface area contributed by atoms with E-state index in [4.69, 9.17) is 4.74 Å². The lowest BCUT2D eigenvalue weighted by Gasteiger charge is -2.29. The maximum atomic E-state index is 12.9. The summed E-state index contributed by atoms with van der Waals surface area (Å²) in [6.45, 7) is 3.00. The standard InChI is InChI=1S/C20H24N4O3/c1-13-17(11-23(2)22-13)19(26)24-9-8-20(12-24)7-6-14-4-5-15(27-3)10-16(14)18(25)21-20/h4-5,10-11H,6-9,12H2,1-3H3,(H,21,25)/t20-/m1/s1. The molecule has 1 fully saturated rings. The van der Waals surface area contributed by atoms with Crippen LogP contribution >= 0.6 is 0 Å². The molecule has 27 heavy (non-hydrogen) atoms. The molecule has 1 atom stereocenters. The Kier molecular flexibility index (Phi) is 4.17. The second-order valence-corrected chi connectivity index (χ2v) is 7.54. The number of hydrogen-bond donors (Lipinski definition) is 1. The van der Waals surface area contributed by atoms with Crippen molar-refractivity contribution in [3.63, 3.8) is 0 Å². The SMILES string of the molecule is COc1ccc2c(c1)C(=O)N[C@]1(CC2)CCN(C(=O)c2cn(C)nc2C)C1. The van der Waals surface area contributed by atoms with Crippen LogP contribution in [0.1, 0.15) is 44.8 Å². The topological polar surface area (TPSA) is 76.5 Å². The van der Waals surface area contributed by atoms with E-state index < -0.39 is 0 Å².